The number of alkyl carbamates (subject to hydrolysis) is 1. The molecule has 2 amide bonds. The summed E-state index contributed by atoms with van der Waals surface area (Å²) in [4.78, 5) is 36.7. The largest absolute Gasteiger partial charge is 0.453 e. The number of rotatable bonds is 6. The Hall–Kier alpha value is -2.92. The van der Waals surface area contributed by atoms with Crippen molar-refractivity contribution in [3.8, 4) is 11.4 Å². The van der Waals surface area contributed by atoms with E-state index in [1.807, 2.05) is 11.6 Å². The maximum absolute atomic E-state index is 13.3. The van der Waals surface area contributed by atoms with Gasteiger partial charge in [0.15, 0.2) is 5.82 Å². The number of piperidine rings is 1. The summed E-state index contributed by atoms with van der Waals surface area (Å²) in [7, 11) is 1.34. The van der Waals surface area contributed by atoms with E-state index >= 15 is 0 Å². The fourth-order valence-corrected chi connectivity index (χ4v) is 4.39. The third kappa shape index (κ3) is 5.53. The van der Waals surface area contributed by atoms with Gasteiger partial charge in [0.05, 0.1) is 18.9 Å². The number of nitrogens with one attached hydrogen (secondary N) is 2. The second-order valence-electron chi connectivity index (χ2n) is 7.83. The molecule has 33 heavy (non-hydrogen) atoms. The number of carbonyl (C=O) groups is 2. The van der Waals surface area contributed by atoms with Crippen LogP contribution >= 0.6 is 23.7 Å². The molecule has 3 aromatic heterocycles. The number of aromatic nitrogens is 4. The zero-order valence-corrected chi connectivity index (χ0v) is 20.4. The van der Waals surface area contributed by atoms with Gasteiger partial charge in [0.2, 0.25) is 0 Å². The Kier molecular flexibility index (Phi) is 8.09. The van der Waals surface area contributed by atoms with Crippen molar-refractivity contribution < 1.29 is 14.3 Å². The van der Waals surface area contributed by atoms with Gasteiger partial charge in [-0.1, -0.05) is 6.92 Å². The first-order valence-corrected chi connectivity index (χ1v) is 11.6. The number of halogens is 1. The Morgan fingerprint density at radius 3 is 2.76 bits per heavy atom. The Balaban J connectivity index is 0.00000306. The summed E-state index contributed by atoms with van der Waals surface area (Å²) in [6.07, 6.45) is 5.41. The summed E-state index contributed by atoms with van der Waals surface area (Å²) in [5.41, 5.74) is 1.14. The monoisotopic (exact) mass is 493 g/mol. The van der Waals surface area contributed by atoms with E-state index in [4.69, 9.17) is 0 Å². The van der Waals surface area contributed by atoms with Crippen molar-refractivity contribution in [3.63, 3.8) is 0 Å². The number of hydrogen-bond acceptors (Lipinski definition) is 8. The highest BCUT2D eigenvalue weighted by Crippen LogP contribution is 2.27. The second kappa shape index (κ2) is 10.8. The number of fused-ring (bicyclic) bond motifs is 1. The lowest BCUT2D eigenvalue weighted by Gasteiger charge is -2.32. The number of anilines is 1. The Labute approximate surface area is 202 Å². The minimum absolute atomic E-state index is 0. The average molecular weight is 494 g/mol. The zero-order chi connectivity index (χ0) is 22.7. The predicted molar refractivity (Wildman–Crippen MR) is 129 cm³/mol. The van der Waals surface area contributed by atoms with Gasteiger partial charge in [-0.2, -0.15) is 5.10 Å². The van der Waals surface area contributed by atoms with Crippen LogP contribution in [0.4, 0.5) is 10.6 Å². The first-order valence-electron chi connectivity index (χ1n) is 10.7. The summed E-state index contributed by atoms with van der Waals surface area (Å²) in [5, 5.41) is 12.5. The third-order valence-corrected chi connectivity index (χ3v) is 6.50. The van der Waals surface area contributed by atoms with E-state index in [1.54, 1.807) is 33.0 Å². The molecular formula is C21H28ClN7O3S. The van der Waals surface area contributed by atoms with Crippen LogP contribution in [0.15, 0.2) is 23.8 Å². The molecule has 3 aromatic rings. The number of nitrogens with zero attached hydrogens (tertiary/aromatic N) is 5. The lowest BCUT2D eigenvalue weighted by molar-refractivity contribution is 0.0698. The fraction of sp³-hybridized carbons (Fsp3) is 0.476. The molecule has 0 saturated carbocycles. The van der Waals surface area contributed by atoms with Gasteiger partial charge in [-0.05, 0) is 26.2 Å². The average Bonchev–Trinajstić information content (AvgIpc) is 3.43. The minimum atomic E-state index is -0.447. The van der Waals surface area contributed by atoms with E-state index < -0.39 is 6.09 Å². The van der Waals surface area contributed by atoms with Gasteiger partial charge in [0, 0.05) is 42.8 Å². The highest BCUT2D eigenvalue weighted by Gasteiger charge is 2.27. The van der Waals surface area contributed by atoms with E-state index in [9.17, 15) is 9.59 Å². The molecule has 1 atom stereocenters. The number of thiazole rings is 1. The number of methoxy groups -OCH3 is 1. The SMILES string of the molecule is CC[C@@H](C)Nc1cc(C(=O)N2CCC(NC(=O)OC)CC2)nc(-c2cnn3ccsc23)n1.Cl. The van der Waals surface area contributed by atoms with E-state index in [0.717, 1.165) is 16.8 Å². The number of likely N-dealkylation sites (tertiary alicyclic amines) is 1. The molecule has 0 unspecified atom stereocenters. The summed E-state index contributed by atoms with van der Waals surface area (Å²) >= 11 is 1.55. The molecule has 0 spiro atoms. The third-order valence-electron chi connectivity index (χ3n) is 5.61. The van der Waals surface area contributed by atoms with Gasteiger partial charge in [0.1, 0.15) is 16.3 Å². The molecule has 1 aliphatic heterocycles. The minimum Gasteiger partial charge on any atom is -0.453 e. The lowest BCUT2D eigenvalue weighted by atomic mass is 10.0. The molecule has 1 saturated heterocycles. The summed E-state index contributed by atoms with van der Waals surface area (Å²) in [6.45, 7) is 5.22. The van der Waals surface area contributed by atoms with Gasteiger partial charge in [-0.25, -0.2) is 19.3 Å². The number of hydrogen-bond donors (Lipinski definition) is 2. The second-order valence-corrected chi connectivity index (χ2v) is 8.72. The van der Waals surface area contributed by atoms with Gasteiger partial charge in [-0.15, -0.1) is 23.7 Å². The fourth-order valence-electron chi connectivity index (χ4n) is 3.60. The molecule has 0 aromatic carbocycles. The van der Waals surface area contributed by atoms with Crippen LogP contribution in [0, 0.1) is 0 Å². The summed E-state index contributed by atoms with van der Waals surface area (Å²) < 4.78 is 6.44. The highest BCUT2D eigenvalue weighted by molar-refractivity contribution is 7.16. The first-order chi connectivity index (χ1) is 15.5. The van der Waals surface area contributed by atoms with Crippen LogP contribution in [0.25, 0.3) is 16.2 Å². The van der Waals surface area contributed by atoms with E-state index in [0.29, 0.717) is 43.3 Å². The Bertz CT molecular complexity index is 1110. The van der Waals surface area contributed by atoms with Gasteiger partial charge >= 0.3 is 6.09 Å². The van der Waals surface area contributed by atoms with Gasteiger partial charge in [-0.3, -0.25) is 4.79 Å². The van der Waals surface area contributed by atoms with E-state index in [1.165, 1.54) is 7.11 Å². The van der Waals surface area contributed by atoms with Crippen molar-refractivity contribution in [1.29, 1.82) is 0 Å². The van der Waals surface area contributed by atoms with E-state index in [2.05, 4.69) is 44.3 Å². The van der Waals surface area contributed by atoms with Crippen molar-refractivity contribution in [2.24, 2.45) is 0 Å². The van der Waals surface area contributed by atoms with Crippen molar-refractivity contribution in [2.75, 3.05) is 25.5 Å². The maximum Gasteiger partial charge on any atom is 0.407 e. The lowest BCUT2D eigenvalue weighted by Crippen LogP contribution is -2.46. The number of ether oxygens (including phenoxy) is 1. The summed E-state index contributed by atoms with van der Waals surface area (Å²) in [6, 6.07) is 1.91. The zero-order valence-electron chi connectivity index (χ0n) is 18.8. The van der Waals surface area contributed by atoms with Crippen LogP contribution < -0.4 is 10.6 Å². The number of amides is 2. The van der Waals surface area contributed by atoms with Crippen LogP contribution in [0.5, 0.6) is 0 Å². The molecule has 178 valence electrons. The molecule has 1 fully saturated rings. The van der Waals surface area contributed by atoms with Crippen LogP contribution in [0.3, 0.4) is 0 Å². The molecule has 0 bridgehead atoms. The molecule has 12 heteroatoms. The Morgan fingerprint density at radius 2 is 2.06 bits per heavy atom. The van der Waals surface area contributed by atoms with Crippen LogP contribution in [0.2, 0.25) is 0 Å². The molecular weight excluding hydrogens is 466 g/mol. The predicted octanol–water partition coefficient (Wildman–Crippen LogP) is 3.45. The van der Waals surface area contributed by atoms with Gasteiger partial charge in [0.25, 0.3) is 5.91 Å². The standard InChI is InChI=1S/C21H27N7O3S.ClH/c1-4-13(2)23-17-11-16(19(29)27-7-5-14(6-8-27)24-21(30)31-3)25-18(26-17)15-12-22-28-9-10-32-20(15)28;/h9-14H,4-8H2,1-3H3,(H,24,30)(H,23,25,26);1H/t13-;/m1./s1. The van der Waals surface area contributed by atoms with Crippen molar-refractivity contribution in [3.05, 3.63) is 29.5 Å². The van der Waals surface area contributed by atoms with Crippen LogP contribution in [-0.4, -0.2) is 68.8 Å². The van der Waals surface area contributed by atoms with E-state index in [-0.39, 0.29) is 30.4 Å². The Morgan fingerprint density at radius 1 is 1.30 bits per heavy atom. The molecule has 0 radical (unpaired) electrons. The van der Waals surface area contributed by atoms with Crippen LogP contribution in [-0.2, 0) is 4.74 Å². The maximum atomic E-state index is 13.3. The molecule has 10 nitrogen and oxygen atoms in total. The quantitative estimate of drug-likeness (QED) is 0.540. The van der Waals surface area contributed by atoms with Crippen LogP contribution in [0.1, 0.15) is 43.6 Å². The molecule has 4 rings (SSSR count). The summed E-state index contributed by atoms with van der Waals surface area (Å²) in [5.74, 6) is 0.944. The molecule has 2 N–H and O–H groups in total. The topological polar surface area (TPSA) is 114 Å². The van der Waals surface area contributed by atoms with Crippen molar-refractivity contribution in [2.45, 2.75) is 45.2 Å². The van der Waals surface area contributed by atoms with Crippen molar-refractivity contribution in [1.82, 2.24) is 29.8 Å². The normalized spacial score (nSPS) is 15.1. The van der Waals surface area contributed by atoms with Crippen molar-refractivity contribution >= 4 is 46.4 Å². The number of carbonyl (C=O) groups excluding carboxylic acids is 2. The molecule has 4 heterocycles. The molecule has 1 aliphatic rings. The smallest absolute Gasteiger partial charge is 0.407 e. The van der Waals surface area contributed by atoms with Gasteiger partial charge < -0.3 is 20.3 Å². The first kappa shape index (κ1) is 24.7. The highest BCUT2D eigenvalue weighted by atomic mass is 35.5. The molecule has 0 aliphatic carbocycles.